The Morgan fingerprint density at radius 3 is 2.39 bits per heavy atom. The van der Waals surface area contributed by atoms with Crippen LogP contribution < -0.4 is 4.72 Å². The summed E-state index contributed by atoms with van der Waals surface area (Å²) in [5.41, 5.74) is 1.17. The smallest absolute Gasteiger partial charge is 0.211 e. The van der Waals surface area contributed by atoms with Gasteiger partial charge in [0.2, 0.25) is 10.0 Å². The molecule has 0 aliphatic carbocycles. The van der Waals surface area contributed by atoms with Crippen LogP contribution in [0.5, 0.6) is 0 Å². The summed E-state index contributed by atoms with van der Waals surface area (Å²) in [7, 11) is -3.37. The molecule has 18 heavy (non-hydrogen) atoms. The van der Waals surface area contributed by atoms with E-state index in [0.29, 0.717) is 17.3 Å². The van der Waals surface area contributed by atoms with E-state index in [1.54, 1.807) is 12.1 Å². The van der Waals surface area contributed by atoms with Gasteiger partial charge in [0, 0.05) is 12.4 Å². The molecule has 1 N–H and O–H groups in total. The monoisotopic (exact) mass is 289 g/mol. The maximum Gasteiger partial charge on any atom is 0.240 e. The van der Waals surface area contributed by atoms with Crippen molar-refractivity contribution in [3.8, 4) is 0 Å². The van der Waals surface area contributed by atoms with Crippen LogP contribution in [-0.4, -0.2) is 20.8 Å². The Morgan fingerprint density at radius 2 is 1.83 bits per heavy atom. The van der Waals surface area contributed by atoms with Crippen molar-refractivity contribution >= 4 is 21.6 Å². The SMILES string of the molecule is CCCc1ccc(S(=O)(=O)NCCCCCl)cc1. The molecule has 0 atom stereocenters. The molecule has 0 saturated carbocycles. The van der Waals surface area contributed by atoms with E-state index in [1.165, 1.54) is 5.56 Å². The van der Waals surface area contributed by atoms with Crippen molar-refractivity contribution < 1.29 is 8.42 Å². The Kier molecular flexibility index (Phi) is 6.68. The van der Waals surface area contributed by atoms with Crippen molar-refractivity contribution in [1.29, 1.82) is 0 Å². The van der Waals surface area contributed by atoms with Gasteiger partial charge in [0.05, 0.1) is 4.90 Å². The number of hydrogen-bond donors (Lipinski definition) is 1. The van der Waals surface area contributed by atoms with Crippen LogP contribution in [-0.2, 0) is 16.4 Å². The van der Waals surface area contributed by atoms with Gasteiger partial charge >= 0.3 is 0 Å². The average molecular weight is 290 g/mol. The second kappa shape index (κ2) is 7.77. The molecule has 1 aromatic carbocycles. The van der Waals surface area contributed by atoms with E-state index in [0.717, 1.165) is 25.7 Å². The van der Waals surface area contributed by atoms with Crippen molar-refractivity contribution in [2.24, 2.45) is 0 Å². The quantitative estimate of drug-likeness (QED) is 0.591. The van der Waals surface area contributed by atoms with Crippen LogP contribution in [0.15, 0.2) is 29.2 Å². The fourth-order valence-corrected chi connectivity index (χ4v) is 2.90. The Bertz CT molecular complexity index is 443. The first kappa shape index (κ1) is 15.5. The zero-order chi connectivity index (χ0) is 13.4. The van der Waals surface area contributed by atoms with Gasteiger partial charge in [0.1, 0.15) is 0 Å². The Hall–Kier alpha value is -0.580. The maximum absolute atomic E-state index is 11.9. The van der Waals surface area contributed by atoms with Gasteiger partial charge in [-0.15, -0.1) is 11.6 Å². The molecule has 5 heteroatoms. The molecule has 0 spiro atoms. The molecule has 0 amide bonds. The number of alkyl halides is 1. The second-order valence-electron chi connectivity index (χ2n) is 4.19. The maximum atomic E-state index is 11.9. The highest BCUT2D eigenvalue weighted by atomic mass is 35.5. The highest BCUT2D eigenvalue weighted by molar-refractivity contribution is 7.89. The van der Waals surface area contributed by atoms with Gasteiger partial charge in [0.15, 0.2) is 0 Å². The van der Waals surface area contributed by atoms with Crippen LogP contribution in [0.2, 0.25) is 0 Å². The molecule has 1 aromatic rings. The molecule has 0 radical (unpaired) electrons. The van der Waals surface area contributed by atoms with Crippen LogP contribution in [0.4, 0.5) is 0 Å². The first-order valence-corrected chi connectivity index (χ1v) is 8.26. The lowest BCUT2D eigenvalue weighted by atomic mass is 10.1. The Balaban J connectivity index is 2.61. The number of rotatable bonds is 8. The van der Waals surface area contributed by atoms with Crippen LogP contribution in [0.25, 0.3) is 0 Å². The molecular weight excluding hydrogens is 270 g/mol. The van der Waals surface area contributed by atoms with Gasteiger partial charge in [-0.3, -0.25) is 0 Å². The molecule has 0 aromatic heterocycles. The molecule has 1 rings (SSSR count). The third-order valence-electron chi connectivity index (χ3n) is 2.62. The lowest BCUT2D eigenvalue weighted by molar-refractivity contribution is 0.578. The molecule has 0 heterocycles. The van der Waals surface area contributed by atoms with Gasteiger partial charge < -0.3 is 0 Å². The largest absolute Gasteiger partial charge is 0.240 e. The molecule has 102 valence electrons. The van der Waals surface area contributed by atoms with Gasteiger partial charge in [0.25, 0.3) is 0 Å². The number of nitrogens with one attached hydrogen (secondary N) is 1. The predicted molar refractivity (Wildman–Crippen MR) is 75.6 cm³/mol. The Labute approximate surface area is 115 Å². The minimum absolute atomic E-state index is 0.327. The van der Waals surface area contributed by atoms with Crippen molar-refractivity contribution in [2.75, 3.05) is 12.4 Å². The predicted octanol–water partition coefficient (Wildman–Crippen LogP) is 2.94. The lowest BCUT2D eigenvalue weighted by Gasteiger charge is -2.07. The summed E-state index contributed by atoms with van der Waals surface area (Å²) in [4.78, 5) is 0.327. The number of halogens is 1. The first-order valence-electron chi connectivity index (χ1n) is 6.24. The van der Waals surface area contributed by atoms with E-state index in [1.807, 2.05) is 12.1 Å². The number of hydrogen-bond acceptors (Lipinski definition) is 2. The van der Waals surface area contributed by atoms with Gasteiger partial charge in [-0.25, -0.2) is 13.1 Å². The normalized spacial score (nSPS) is 11.7. The third-order valence-corrected chi connectivity index (χ3v) is 4.37. The first-order chi connectivity index (χ1) is 8.60. The summed E-state index contributed by atoms with van der Waals surface area (Å²) in [6, 6.07) is 7.07. The van der Waals surface area contributed by atoms with E-state index in [-0.39, 0.29) is 0 Å². The number of benzene rings is 1. The third kappa shape index (κ3) is 4.96. The molecule has 0 fully saturated rings. The average Bonchev–Trinajstić information content (AvgIpc) is 2.36. The van der Waals surface area contributed by atoms with Crippen molar-refractivity contribution in [1.82, 2.24) is 4.72 Å². The molecule has 0 aliphatic heterocycles. The minimum atomic E-state index is -3.37. The van der Waals surface area contributed by atoms with Crippen LogP contribution >= 0.6 is 11.6 Å². The zero-order valence-corrected chi connectivity index (χ0v) is 12.2. The molecule has 0 aliphatic rings. The van der Waals surface area contributed by atoms with Crippen LogP contribution in [0.3, 0.4) is 0 Å². The highest BCUT2D eigenvalue weighted by Gasteiger charge is 2.12. The van der Waals surface area contributed by atoms with Crippen molar-refractivity contribution in [3.63, 3.8) is 0 Å². The molecular formula is C13H20ClNO2S. The molecule has 0 unspecified atom stereocenters. The number of unbranched alkanes of at least 4 members (excludes halogenated alkanes) is 1. The minimum Gasteiger partial charge on any atom is -0.211 e. The summed E-state index contributed by atoms with van der Waals surface area (Å²) in [6.07, 6.45) is 3.61. The highest BCUT2D eigenvalue weighted by Crippen LogP contribution is 2.11. The standard InChI is InChI=1S/C13H20ClNO2S/c1-2-5-12-6-8-13(9-7-12)18(16,17)15-11-4-3-10-14/h6-9,15H,2-5,10-11H2,1H3. The summed E-state index contributed by atoms with van der Waals surface area (Å²) in [5.74, 6) is 0.563. The van der Waals surface area contributed by atoms with E-state index in [2.05, 4.69) is 11.6 Å². The van der Waals surface area contributed by atoms with Crippen LogP contribution in [0, 0.1) is 0 Å². The second-order valence-corrected chi connectivity index (χ2v) is 6.33. The summed E-state index contributed by atoms with van der Waals surface area (Å²) < 4.78 is 26.4. The fraction of sp³-hybridized carbons (Fsp3) is 0.538. The van der Waals surface area contributed by atoms with E-state index < -0.39 is 10.0 Å². The van der Waals surface area contributed by atoms with E-state index >= 15 is 0 Å². The zero-order valence-electron chi connectivity index (χ0n) is 10.7. The van der Waals surface area contributed by atoms with Crippen molar-refractivity contribution in [3.05, 3.63) is 29.8 Å². The van der Waals surface area contributed by atoms with E-state index in [9.17, 15) is 8.42 Å². The molecule has 3 nitrogen and oxygen atoms in total. The van der Waals surface area contributed by atoms with Gasteiger partial charge in [-0.05, 0) is 37.0 Å². The molecule has 0 bridgehead atoms. The van der Waals surface area contributed by atoms with Gasteiger partial charge in [-0.2, -0.15) is 0 Å². The summed E-state index contributed by atoms with van der Waals surface area (Å²) in [5, 5.41) is 0. The lowest BCUT2D eigenvalue weighted by Crippen LogP contribution is -2.24. The summed E-state index contributed by atoms with van der Waals surface area (Å²) >= 11 is 5.54. The van der Waals surface area contributed by atoms with Crippen molar-refractivity contribution in [2.45, 2.75) is 37.5 Å². The number of sulfonamides is 1. The number of aryl methyl sites for hydroxylation is 1. The molecule has 0 saturated heterocycles. The summed E-state index contributed by atoms with van der Waals surface area (Å²) in [6.45, 7) is 2.54. The van der Waals surface area contributed by atoms with Crippen LogP contribution in [0.1, 0.15) is 31.7 Å². The Morgan fingerprint density at radius 1 is 1.17 bits per heavy atom. The topological polar surface area (TPSA) is 46.2 Å². The van der Waals surface area contributed by atoms with E-state index in [4.69, 9.17) is 11.6 Å². The van der Waals surface area contributed by atoms with Gasteiger partial charge in [-0.1, -0.05) is 25.5 Å². The fourth-order valence-electron chi connectivity index (χ4n) is 1.63.